The number of anilines is 1. The Morgan fingerprint density at radius 1 is 1.19 bits per heavy atom. The van der Waals surface area contributed by atoms with E-state index in [1.165, 1.54) is 31.4 Å². The lowest BCUT2D eigenvalue weighted by Gasteiger charge is -2.22. The molecule has 148 valence electrons. The smallest absolute Gasteiger partial charge is 0.282 e. The van der Waals surface area contributed by atoms with Crippen molar-refractivity contribution >= 4 is 42.8 Å². The molecule has 0 unspecified atom stereocenters. The highest BCUT2D eigenvalue weighted by Gasteiger charge is 2.31. The van der Waals surface area contributed by atoms with E-state index >= 15 is 0 Å². The molecule has 0 atom stereocenters. The van der Waals surface area contributed by atoms with Crippen LogP contribution in [-0.4, -0.2) is 41.9 Å². The van der Waals surface area contributed by atoms with Gasteiger partial charge in [-0.15, -0.1) is 11.3 Å². The van der Waals surface area contributed by atoms with Crippen molar-refractivity contribution in [2.24, 2.45) is 0 Å². The number of ether oxygens (including phenoxy) is 1. The topological polar surface area (TPSA) is 97.8 Å². The molecular formula is C16H18FNO6S3. The van der Waals surface area contributed by atoms with Crippen LogP contribution in [-0.2, 0) is 19.9 Å². The van der Waals surface area contributed by atoms with Gasteiger partial charge in [0.2, 0.25) is 10.0 Å². The van der Waals surface area contributed by atoms with Gasteiger partial charge in [-0.25, -0.2) is 25.5 Å². The molecule has 0 spiro atoms. The first-order valence-corrected chi connectivity index (χ1v) is 12.0. The van der Waals surface area contributed by atoms with Gasteiger partial charge in [-0.1, -0.05) is 6.92 Å². The molecule has 27 heavy (non-hydrogen) atoms. The Labute approximate surface area is 161 Å². The number of carbonyl (C=O) groups excluding carboxylic acids is 1. The molecular weight excluding hydrogens is 417 g/mol. The molecule has 0 aliphatic heterocycles. The first-order chi connectivity index (χ1) is 12.5. The maximum Gasteiger partial charge on any atom is 0.282 e. The highest BCUT2D eigenvalue weighted by Crippen LogP contribution is 2.30. The minimum Gasteiger partial charge on any atom is -0.494 e. The van der Waals surface area contributed by atoms with Gasteiger partial charge in [0, 0.05) is 12.3 Å². The van der Waals surface area contributed by atoms with Gasteiger partial charge in [0.15, 0.2) is 21.4 Å². The van der Waals surface area contributed by atoms with Crippen LogP contribution in [0.5, 0.6) is 5.75 Å². The molecule has 2 rings (SSSR count). The quantitative estimate of drug-likeness (QED) is 0.663. The fourth-order valence-electron chi connectivity index (χ4n) is 2.27. The lowest BCUT2D eigenvalue weighted by Crippen LogP contribution is -2.38. The van der Waals surface area contributed by atoms with Crippen LogP contribution in [0, 0.1) is 5.82 Å². The summed E-state index contributed by atoms with van der Waals surface area (Å²) < 4.78 is 67.9. The average molecular weight is 436 g/mol. The molecule has 0 aliphatic rings. The monoisotopic (exact) mass is 435 g/mol. The Morgan fingerprint density at radius 2 is 1.85 bits per heavy atom. The number of nitrogens with zero attached hydrogens (tertiary/aromatic N) is 1. The largest absolute Gasteiger partial charge is 0.494 e. The molecule has 11 heteroatoms. The van der Waals surface area contributed by atoms with Gasteiger partial charge >= 0.3 is 0 Å². The van der Waals surface area contributed by atoms with Gasteiger partial charge in [0.25, 0.3) is 5.91 Å². The van der Waals surface area contributed by atoms with Crippen LogP contribution in [0.4, 0.5) is 10.1 Å². The van der Waals surface area contributed by atoms with Crippen molar-refractivity contribution in [1.82, 2.24) is 0 Å². The van der Waals surface area contributed by atoms with Crippen LogP contribution >= 0.6 is 11.3 Å². The van der Waals surface area contributed by atoms with E-state index in [-0.39, 0.29) is 32.7 Å². The maximum absolute atomic E-state index is 14.1. The van der Waals surface area contributed by atoms with E-state index in [0.717, 1.165) is 12.3 Å². The minimum absolute atomic E-state index is 0.0698. The molecule has 0 saturated heterocycles. The molecule has 0 aliphatic carbocycles. The van der Waals surface area contributed by atoms with E-state index in [9.17, 15) is 26.0 Å². The summed E-state index contributed by atoms with van der Waals surface area (Å²) in [6.07, 6.45) is 1.22. The molecule has 1 aromatic heterocycles. The number of thiophene rings is 1. The Hall–Kier alpha value is -1.98. The van der Waals surface area contributed by atoms with Crippen LogP contribution in [0.15, 0.2) is 34.5 Å². The molecule has 1 heterocycles. The number of hydrogen-bond donors (Lipinski definition) is 0. The van der Waals surface area contributed by atoms with Crippen molar-refractivity contribution in [2.45, 2.75) is 17.6 Å². The van der Waals surface area contributed by atoms with Crippen LogP contribution in [0.2, 0.25) is 0 Å². The summed E-state index contributed by atoms with van der Waals surface area (Å²) >= 11 is 0.655. The van der Waals surface area contributed by atoms with E-state index in [4.69, 9.17) is 4.74 Å². The van der Waals surface area contributed by atoms with Crippen molar-refractivity contribution in [3.05, 3.63) is 41.0 Å². The standard InChI is InChI=1S/C16H18FNO6S3/c1-4-9-27(22,23)18(11-5-6-13(24-2)12(17)10-11)16(19)14-7-8-15(25-14)26(3,20)21/h5-8,10H,4,9H2,1-3H3. The fourth-order valence-corrected chi connectivity index (χ4v) is 5.67. The zero-order valence-corrected chi connectivity index (χ0v) is 17.2. The van der Waals surface area contributed by atoms with Crippen molar-refractivity contribution in [2.75, 3.05) is 23.4 Å². The zero-order valence-electron chi connectivity index (χ0n) is 14.8. The summed E-state index contributed by atoms with van der Waals surface area (Å²) in [6.45, 7) is 1.63. The Bertz CT molecular complexity index is 1060. The molecule has 1 amide bonds. The second kappa shape index (κ2) is 7.95. The normalized spacial score (nSPS) is 12.0. The van der Waals surface area contributed by atoms with E-state index in [0.29, 0.717) is 15.6 Å². The Morgan fingerprint density at radius 3 is 2.33 bits per heavy atom. The molecule has 0 N–H and O–H groups in total. The van der Waals surface area contributed by atoms with E-state index in [1.54, 1.807) is 6.92 Å². The summed E-state index contributed by atoms with van der Waals surface area (Å²) in [5.41, 5.74) is -0.193. The summed E-state index contributed by atoms with van der Waals surface area (Å²) in [6, 6.07) is 5.81. The Balaban J connectivity index is 2.58. The van der Waals surface area contributed by atoms with Gasteiger partial charge in [-0.2, -0.15) is 0 Å². The van der Waals surface area contributed by atoms with Crippen molar-refractivity contribution < 1.29 is 30.8 Å². The van der Waals surface area contributed by atoms with Gasteiger partial charge in [-0.05, 0) is 30.7 Å². The maximum atomic E-state index is 14.1. The number of amides is 1. The third-order valence-electron chi connectivity index (χ3n) is 3.45. The summed E-state index contributed by atoms with van der Waals surface area (Å²) in [7, 11) is -6.39. The molecule has 2 aromatic rings. The van der Waals surface area contributed by atoms with E-state index in [2.05, 4.69) is 0 Å². The number of methoxy groups -OCH3 is 1. The van der Waals surface area contributed by atoms with Gasteiger partial charge in [0.1, 0.15) is 4.21 Å². The highest BCUT2D eigenvalue weighted by molar-refractivity contribution is 7.93. The predicted molar refractivity (Wildman–Crippen MR) is 101 cm³/mol. The zero-order chi connectivity index (χ0) is 20.4. The number of rotatable bonds is 7. The molecule has 0 saturated carbocycles. The molecule has 7 nitrogen and oxygen atoms in total. The van der Waals surface area contributed by atoms with E-state index in [1.807, 2.05) is 0 Å². The summed E-state index contributed by atoms with van der Waals surface area (Å²) in [5, 5.41) is 0. The number of benzene rings is 1. The Kier molecular flexibility index (Phi) is 6.28. The first kappa shape index (κ1) is 21.3. The second-order valence-electron chi connectivity index (χ2n) is 5.60. The number of halogens is 1. The van der Waals surface area contributed by atoms with Crippen LogP contribution in [0.1, 0.15) is 23.0 Å². The lowest BCUT2D eigenvalue weighted by molar-refractivity contribution is 0.101. The van der Waals surface area contributed by atoms with Gasteiger partial charge < -0.3 is 4.74 Å². The highest BCUT2D eigenvalue weighted by atomic mass is 32.2. The second-order valence-corrected chi connectivity index (χ2v) is 10.9. The predicted octanol–water partition coefficient (Wildman–Crippen LogP) is 2.69. The van der Waals surface area contributed by atoms with Crippen LogP contribution in [0.25, 0.3) is 0 Å². The molecule has 0 bridgehead atoms. The van der Waals surface area contributed by atoms with Gasteiger partial charge in [0.05, 0.1) is 23.4 Å². The van der Waals surface area contributed by atoms with Crippen molar-refractivity contribution in [3.8, 4) is 5.75 Å². The fraction of sp³-hybridized carbons (Fsp3) is 0.312. The molecule has 0 radical (unpaired) electrons. The SMILES string of the molecule is CCCS(=O)(=O)N(C(=O)c1ccc(S(C)(=O)=O)s1)c1ccc(OC)c(F)c1. The summed E-state index contributed by atoms with van der Waals surface area (Å²) in [4.78, 5) is 12.8. The molecule has 0 fully saturated rings. The van der Waals surface area contributed by atoms with Crippen LogP contribution < -0.4 is 9.04 Å². The minimum atomic E-state index is -4.10. The number of carbonyl (C=O) groups is 1. The van der Waals surface area contributed by atoms with Crippen LogP contribution in [0.3, 0.4) is 0 Å². The van der Waals surface area contributed by atoms with Crippen molar-refractivity contribution in [3.63, 3.8) is 0 Å². The lowest BCUT2D eigenvalue weighted by atomic mass is 10.3. The third kappa shape index (κ3) is 4.66. The number of sulfone groups is 1. The summed E-state index contributed by atoms with van der Waals surface area (Å²) in [5.74, 6) is -2.22. The van der Waals surface area contributed by atoms with E-state index < -0.39 is 31.6 Å². The number of hydrogen-bond acceptors (Lipinski definition) is 7. The average Bonchev–Trinajstić information content (AvgIpc) is 3.05. The number of sulfonamides is 1. The first-order valence-electron chi connectivity index (χ1n) is 7.72. The van der Waals surface area contributed by atoms with Crippen molar-refractivity contribution in [1.29, 1.82) is 0 Å². The molecule has 1 aromatic carbocycles. The van der Waals surface area contributed by atoms with Gasteiger partial charge in [-0.3, -0.25) is 4.79 Å². The third-order valence-corrected chi connectivity index (χ3v) is 8.20.